The number of nitrogens with zero attached hydrogens (tertiary/aromatic N) is 1. The van der Waals surface area contributed by atoms with E-state index >= 15 is 0 Å². The Balaban J connectivity index is 2.31. The van der Waals surface area contributed by atoms with Gasteiger partial charge in [0.25, 0.3) is 0 Å². The van der Waals surface area contributed by atoms with Crippen molar-refractivity contribution >= 4 is 0 Å². The Kier molecular flexibility index (Phi) is 3.16. The number of hydrogen-bond donors (Lipinski definition) is 0. The van der Waals surface area contributed by atoms with Crippen molar-refractivity contribution in [1.29, 1.82) is 0 Å². The topological polar surface area (TPSA) is 3.24 Å². The normalized spacial score (nSPS) is 20.8. The maximum absolute atomic E-state index is 2.55. The maximum atomic E-state index is 2.55. The lowest BCUT2D eigenvalue weighted by atomic mass is 9.95. The lowest BCUT2D eigenvalue weighted by molar-refractivity contribution is 0.174. The summed E-state index contributed by atoms with van der Waals surface area (Å²) in [6.07, 6.45) is 5.73. The molecule has 1 aliphatic carbocycles. The Bertz CT molecular complexity index is 128. The van der Waals surface area contributed by atoms with Crippen LogP contribution >= 0.6 is 0 Å². The molecule has 0 bridgehead atoms. The van der Waals surface area contributed by atoms with Gasteiger partial charge in [-0.3, -0.25) is 0 Å². The third kappa shape index (κ3) is 3.14. The van der Waals surface area contributed by atoms with Crippen LogP contribution in [0.25, 0.3) is 0 Å². The van der Waals surface area contributed by atoms with E-state index in [-0.39, 0.29) is 0 Å². The zero-order valence-corrected chi connectivity index (χ0v) is 9.06. The van der Waals surface area contributed by atoms with Gasteiger partial charge in [0.15, 0.2) is 0 Å². The van der Waals surface area contributed by atoms with E-state index in [1.165, 1.54) is 32.2 Å². The third-order valence-corrected chi connectivity index (χ3v) is 2.67. The van der Waals surface area contributed by atoms with E-state index in [1.54, 1.807) is 0 Å². The minimum Gasteiger partial charge on any atom is -0.303 e. The van der Waals surface area contributed by atoms with Gasteiger partial charge in [0, 0.05) is 12.6 Å². The highest BCUT2D eigenvalue weighted by atomic mass is 15.1. The predicted molar refractivity (Wildman–Crippen MR) is 54.3 cm³/mol. The maximum Gasteiger partial charge on any atom is 0.00924 e. The van der Waals surface area contributed by atoms with Crippen LogP contribution in [0.1, 0.15) is 46.5 Å². The summed E-state index contributed by atoms with van der Waals surface area (Å²) >= 11 is 0. The molecule has 0 spiro atoms. The van der Waals surface area contributed by atoms with Crippen molar-refractivity contribution in [3.63, 3.8) is 0 Å². The van der Waals surface area contributed by atoms with E-state index in [0.29, 0.717) is 5.41 Å². The van der Waals surface area contributed by atoms with Crippen LogP contribution in [0.5, 0.6) is 0 Å². The molecule has 1 aliphatic rings. The van der Waals surface area contributed by atoms with Crippen molar-refractivity contribution in [2.24, 2.45) is 5.41 Å². The molecular weight excluding hydrogens is 146 g/mol. The minimum absolute atomic E-state index is 0.456. The molecule has 0 N–H and O–H groups in total. The molecule has 0 aromatic rings. The third-order valence-electron chi connectivity index (χ3n) is 2.67. The molecule has 0 aromatic carbocycles. The summed E-state index contributed by atoms with van der Waals surface area (Å²) in [7, 11) is 2.28. The first-order valence-electron chi connectivity index (χ1n) is 5.19. The lowest BCUT2D eigenvalue weighted by Crippen LogP contribution is -2.36. The van der Waals surface area contributed by atoms with Crippen molar-refractivity contribution in [3.05, 3.63) is 0 Å². The molecule has 0 heterocycles. The van der Waals surface area contributed by atoms with Crippen LogP contribution < -0.4 is 0 Å². The van der Waals surface area contributed by atoms with Crippen molar-refractivity contribution in [1.82, 2.24) is 4.90 Å². The lowest BCUT2D eigenvalue weighted by Gasteiger charge is -2.31. The first-order chi connectivity index (χ1) is 5.49. The molecule has 1 fully saturated rings. The second-order valence-corrected chi connectivity index (χ2v) is 5.41. The molecule has 0 amide bonds. The fourth-order valence-electron chi connectivity index (χ4n) is 2.22. The van der Waals surface area contributed by atoms with Crippen LogP contribution in [0.4, 0.5) is 0 Å². The first kappa shape index (κ1) is 10.0. The summed E-state index contributed by atoms with van der Waals surface area (Å²) < 4.78 is 0. The molecule has 0 saturated heterocycles. The second-order valence-electron chi connectivity index (χ2n) is 5.41. The van der Waals surface area contributed by atoms with E-state index in [1.807, 2.05) is 0 Å². The quantitative estimate of drug-likeness (QED) is 0.614. The standard InChI is InChI=1S/C11H23N/c1-11(2,3)9-12(4)10-7-5-6-8-10/h10H,5-9H2,1-4H3. The van der Waals surface area contributed by atoms with E-state index < -0.39 is 0 Å². The van der Waals surface area contributed by atoms with Crippen LogP contribution in [0.2, 0.25) is 0 Å². The second kappa shape index (κ2) is 3.78. The van der Waals surface area contributed by atoms with Gasteiger partial charge in [-0.25, -0.2) is 0 Å². The molecule has 1 nitrogen and oxygen atoms in total. The zero-order chi connectivity index (χ0) is 9.19. The molecule has 0 aliphatic heterocycles. The Morgan fingerprint density at radius 3 is 2.08 bits per heavy atom. The SMILES string of the molecule is CN(CC(C)(C)C)C1CCCC1. The van der Waals surface area contributed by atoms with Gasteiger partial charge in [-0.2, -0.15) is 0 Å². The van der Waals surface area contributed by atoms with Gasteiger partial charge in [0.1, 0.15) is 0 Å². The summed E-state index contributed by atoms with van der Waals surface area (Å²) in [5, 5.41) is 0. The highest BCUT2D eigenvalue weighted by Gasteiger charge is 2.22. The highest BCUT2D eigenvalue weighted by molar-refractivity contribution is 4.78. The van der Waals surface area contributed by atoms with E-state index in [0.717, 1.165) is 6.04 Å². The van der Waals surface area contributed by atoms with Crippen molar-refractivity contribution in [2.45, 2.75) is 52.5 Å². The molecule has 0 unspecified atom stereocenters. The monoisotopic (exact) mass is 169 g/mol. The molecule has 12 heavy (non-hydrogen) atoms. The predicted octanol–water partition coefficient (Wildman–Crippen LogP) is 2.91. The average molecular weight is 169 g/mol. The average Bonchev–Trinajstić information content (AvgIpc) is 2.32. The Hall–Kier alpha value is -0.0400. The van der Waals surface area contributed by atoms with Crippen LogP contribution in [0, 0.1) is 5.41 Å². The largest absolute Gasteiger partial charge is 0.303 e. The fourth-order valence-corrected chi connectivity index (χ4v) is 2.22. The molecule has 72 valence electrons. The smallest absolute Gasteiger partial charge is 0.00924 e. The Labute approximate surface area is 77.1 Å². The van der Waals surface area contributed by atoms with Crippen molar-refractivity contribution < 1.29 is 0 Å². The number of hydrogen-bond acceptors (Lipinski definition) is 1. The minimum atomic E-state index is 0.456. The molecular formula is C11H23N. The van der Waals surface area contributed by atoms with Gasteiger partial charge in [-0.1, -0.05) is 33.6 Å². The van der Waals surface area contributed by atoms with Gasteiger partial charge in [0.2, 0.25) is 0 Å². The molecule has 0 aromatic heterocycles. The van der Waals surface area contributed by atoms with Gasteiger partial charge in [-0.15, -0.1) is 0 Å². The molecule has 1 rings (SSSR count). The van der Waals surface area contributed by atoms with Crippen LogP contribution in [-0.2, 0) is 0 Å². The summed E-state index contributed by atoms with van der Waals surface area (Å²) in [4.78, 5) is 2.55. The van der Waals surface area contributed by atoms with Gasteiger partial charge in [0.05, 0.1) is 0 Å². The van der Waals surface area contributed by atoms with E-state index in [4.69, 9.17) is 0 Å². The van der Waals surface area contributed by atoms with Gasteiger partial charge in [-0.05, 0) is 25.3 Å². The molecule has 0 atom stereocenters. The molecule has 1 heteroatoms. The van der Waals surface area contributed by atoms with Crippen molar-refractivity contribution in [2.75, 3.05) is 13.6 Å². The van der Waals surface area contributed by atoms with Crippen molar-refractivity contribution in [3.8, 4) is 0 Å². The highest BCUT2D eigenvalue weighted by Crippen LogP contribution is 2.25. The van der Waals surface area contributed by atoms with Crippen LogP contribution in [0.15, 0.2) is 0 Å². The summed E-state index contributed by atoms with van der Waals surface area (Å²) in [5.74, 6) is 0. The molecule has 1 saturated carbocycles. The summed E-state index contributed by atoms with van der Waals surface area (Å²) in [6, 6.07) is 0.879. The van der Waals surface area contributed by atoms with Gasteiger partial charge < -0.3 is 4.90 Å². The zero-order valence-electron chi connectivity index (χ0n) is 9.06. The Morgan fingerprint density at radius 2 is 1.67 bits per heavy atom. The van der Waals surface area contributed by atoms with Crippen LogP contribution in [-0.4, -0.2) is 24.5 Å². The number of rotatable bonds is 2. The summed E-state index contributed by atoms with van der Waals surface area (Å²) in [6.45, 7) is 8.19. The van der Waals surface area contributed by atoms with E-state index in [2.05, 4.69) is 32.7 Å². The Morgan fingerprint density at radius 1 is 1.17 bits per heavy atom. The van der Waals surface area contributed by atoms with E-state index in [9.17, 15) is 0 Å². The fraction of sp³-hybridized carbons (Fsp3) is 1.00. The molecule has 0 radical (unpaired) electrons. The van der Waals surface area contributed by atoms with Gasteiger partial charge >= 0.3 is 0 Å². The summed E-state index contributed by atoms with van der Waals surface area (Å²) in [5.41, 5.74) is 0.456. The first-order valence-corrected chi connectivity index (χ1v) is 5.19. The van der Waals surface area contributed by atoms with Crippen LogP contribution in [0.3, 0.4) is 0 Å².